The Labute approximate surface area is 258 Å². The van der Waals surface area contributed by atoms with Crippen molar-refractivity contribution >= 4 is 40.1 Å². The number of carbonyl (C=O) groups is 3. The fourth-order valence-corrected chi connectivity index (χ4v) is 4.60. The lowest BCUT2D eigenvalue weighted by atomic mass is 10.0. The van der Waals surface area contributed by atoms with E-state index in [1.165, 1.54) is 24.3 Å². The minimum atomic E-state index is -0.781. The molecule has 45 heavy (non-hydrogen) atoms. The second-order valence-electron chi connectivity index (χ2n) is 11.5. The number of fused-ring (bicyclic) bond motifs is 1. The van der Waals surface area contributed by atoms with Gasteiger partial charge in [0, 0.05) is 24.8 Å². The highest BCUT2D eigenvalue weighted by atomic mass is 19.1. The Morgan fingerprint density at radius 3 is 2.40 bits per heavy atom. The molecule has 0 radical (unpaired) electrons. The van der Waals surface area contributed by atoms with Gasteiger partial charge in [-0.15, -0.1) is 0 Å². The van der Waals surface area contributed by atoms with Crippen LogP contribution in [-0.2, 0) is 16.0 Å². The number of anilines is 2. The molecular formula is C33H35F2N5O5. The molecule has 0 fully saturated rings. The topological polar surface area (TPSA) is 142 Å². The molecule has 3 amide bonds. The predicted molar refractivity (Wildman–Crippen MR) is 167 cm³/mol. The standard InChI is InChI=1S/C33H35F2N5O5/c1-33(2,3)45-32(44)38-28-19-21(34)13-15-26(28)37-29(41)11-5-4-8-16-36-30(42)24-17-20(12-14-25(24)35)18-27-22-9-6-7-10-23(22)31(43)40-39-27/h6-7,9-10,12-15,17,19H,4-5,8,11,16,18H2,1-3H3,(H,36,42)(H,37,41)(H,38,44)(H,40,43). The number of halogens is 2. The second-order valence-corrected chi connectivity index (χ2v) is 11.5. The molecule has 0 atom stereocenters. The number of rotatable bonds is 11. The monoisotopic (exact) mass is 619 g/mol. The van der Waals surface area contributed by atoms with Gasteiger partial charge in [-0.05, 0) is 75.6 Å². The fourth-order valence-electron chi connectivity index (χ4n) is 4.60. The molecule has 0 bridgehead atoms. The number of carbonyl (C=O) groups excluding carboxylic acids is 3. The molecule has 4 rings (SSSR count). The van der Waals surface area contributed by atoms with E-state index < -0.39 is 29.2 Å². The van der Waals surface area contributed by atoms with Crippen LogP contribution >= 0.6 is 0 Å². The van der Waals surface area contributed by atoms with Crippen LogP contribution in [0.2, 0.25) is 0 Å². The highest BCUT2D eigenvalue weighted by molar-refractivity contribution is 5.98. The zero-order valence-corrected chi connectivity index (χ0v) is 25.3. The van der Waals surface area contributed by atoms with Crippen molar-refractivity contribution in [1.82, 2.24) is 15.5 Å². The molecule has 4 N–H and O–H groups in total. The van der Waals surface area contributed by atoms with E-state index in [0.29, 0.717) is 41.3 Å². The van der Waals surface area contributed by atoms with Crippen LogP contribution in [0, 0.1) is 11.6 Å². The number of ether oxygens (including phenoxy) is 1. The van der Waals surface area contributed by atoms with Gasteiger partial charge in [0.2, 0.25) is 5.91 Å². The smallest absolute Gasteiger partial charge is 0.412 e. The molecule has 0 spiro atoms. The normalized spacial score (nSPS) is 11.2. The van der Waals surface area contributed by atoms with Crippen LogP contribution in [0.3, 0.4) is 0 Å². The van der Waals surface area contributed by atoms with Gasteiger partial charge in [0.25, 0.3) is 11.5 Å². The van der Waals surface area contributed by atoms with Crippen LogP contribution < -0.4 is 21.5 Å². The fraction of sp³-hybridized carbons (Fsp3) is 0.303. The molecule has 0 aliphatic rings. The van der Waals surface area contributed by atoms with E-state index in [4.69, 9.17) is 4.74 Å². The van der Waals surface area contributed by atoms with Crippen molar-refractivity contribution in [1.29, 1.82) is 0 Å². The van der Waals surface area contributed by atoms with Crippen LogP contribution in [-0.4, -0.2) is 40.3 Å². The number of benzene rings is 3. The summed E-state index contributed by atoms with van der Waals surface area (Å²) < 4.78 is 33.5. The zero-order chi connectivity index (χ0) is 32.6. The number of amides is 3. The number of unbranched alkanes of at least 4 members (excludes halogenated alkanes) is 2. The predicted octanol–water partition coefficient (Wildman–Crippen LogP) is 6.07. The van der Waals surface area contributed by atoms with E-state index in [2.05, 4.69) is 26.1 Å². The van der Waals surface area contributed by atoms with E-state index in [-0.39, 0.29) is 47.8 Å². The molecule has 1 aromatic heterocycles. The lowest BCUT2D eigenvalue weighted by molar-refractivity contribution is -0.116. The molecule has 0 saturated heterocycles. The van der Waals surface area contributed by atoms with E-state index in [9.17, 15) is 28.0 Å². The first kappa shape index (κ1) is 32.8. The largest absolute Gasteiger partial charge is 0.444 e. The molecule has 0 saturated carbocycles. The maximum absolute atomic E-state index is 14.5. The minimum absolute atomic E-state index is 0.0694. The zero-order valence-electron chi connectivity index (χ0n) is 25.3. The molecule has 0 unspecified atom stereocenters. The molecule has 10 nitrogen and oxygen atoms in total. The van der Waals surface area contributed by atoms with E-state index in [0.717, 1.165) is 6.07 Å². The summed E-state index contributed by atoms with van der Waals surface area (Å²) in [5.74, 6) is -2.14. The Bertz CT molecular complexity index is 1770. The minimum Gasteiger partial charge on any atom is -0.444 e. The maximum Gasteiger partial charge on any atom is 0.412 e. The average Bonchev–Trinajstić information content (AvgIpc) is 2.97. The van der Waals surface area contributed by atoms with Crippen LogP contribution in [0.15, 0.2) is 65.5 Å². The molecular weight excluding hydrogens is 584 g/mol. The van der Waals surface area contributed by atoms with Crippen LogP contribution in [0.4, 0.5) is 25.0 Å². The Hall–Kier alpha value is -5.13. The van der Waals surface area contributed by atoms with Crippen molar-refractivity contribution in [3.8, 4) is 0 Å². The average molecular weight is 620 g/mol. The summed E-state index contributed by atoms with van der Waals surface area (Å²) in [6.07, 6.45) is 1.32. The quantitative estimate of drug-likeness (QED) is 0.150. The van der Waals surface area contributed by atoms with E-state index in [1.54, 1.807) is 51.1 Å². The number of hydrogen-bond acceptors (Lipinski definition) is 6. The highest BCUT2D eigenvalue weighted by Gasteiger charge is 2.18. The van der Waals surface area contributed by atoms with Gasteiger partial charge in [0.1, 0.15) is 17.2 Å². The van der Waals surface area contributed by atoms with Gasteiger partial charge in [-0.1, -0.05) is 30.7 Å². The van der Waals surface area contributed by atoms with Gasteiger partial charge < -0.3 is 15.4 Å². The van der Waals surface area contributed by atoms with Crippen LogP contribution in [0.1, 0.15) is 68.1 Å². The van der Waals surface area contributed by atoms with Crippen molar-refractivity contribution in [3.63, 3.8) is 0 Å². The van der Waals surface area contributed by atoms with Crippen molar-refractivity contribution in [2.45, 2.75) is 58.5 Å². The summed E-state index contributed by atoms with van der Waals surface area (Å²) in [4.78, 5) is 49.4. The number of nitrogens with one attached hydrogen (secondary N) is 4. The maximum atomic E-state index is 14.5. The summed E-state index contributed by atoms with van der Waals surface area (Å²) in [6.45, 7) is 5.36. The summed E-state index contributed by atoms with van der Waals surface area (Å²) in [5, 5.41) is 15.6. The number of aromatic amines is 1. The van der Waals surface area contributed by atoms with E-state index in [1.807, 2.05) is 0 Å². The van der Waals surface area contributed by atoms with Gasteiger partial charge in [-0.25, -0.2) is 18.7 Å². The summed E-state index contributed by atoms with van der Waals surface area (Å²) >= 11 is 0. The van der Waals surface area contributed by atoms with E-state index >= 15 is 0 Å². The Balaban J connectivity index is 1.24. The van der Waals surface area contributed by atoms with Crippen molar-refractivity contribution < 1.29 is 27.9 Å². The highest BCUT2D eigenvalue weighted by Crippen LogP contribution is 2.24. The lowest BCUT2D eigenvalue weighted by Crippen LogP contribution is -2.27. The van der Waals surface area contributed by atoms with Gasteiger partial charge in [-0.3, -0.25) is 19.7 Å². The molecule has 0 aliphatic carbocycles. The number of hydrogen-bond donors (Lipinski definition) is 4. The third-order valence-corrected chi connectivity index (χ3v) is 6.68. The molecule has 236 valence electrons. The molecule has 3 aromatic carbocycles. The van der Waals surface area contributed by atoms with Gasteiger partial charge >= 0.3 is 6.09 Å². The first-order valence-electron chi connectivity index (χ1n) is 14.5. The lowest BCUT2D eigenvalue weighted by Gasteiger charge is -2.20. The number of H-pyrrole nitrogens is 1. The van der Waals surface area contributed by atoms with Gasteiger partial charge in [0.15, 0.2) is 0 Å². The summed E-state index contributed by atoms with van der Waals surface area (Å²) in [7, 11) is 0. The molecule has 12 heteroatoms. The van der Waals surface area contributed by atoms with Gasteiger partial charge in [-0.2, -0.15) is 5.10 Å². The summed E-state index contributed by atoms with van der Waals surface area (Å²) in [6, 6.07) is 14.9. The molecule has 0 aliphatic heterocycles. The summed E-state index contributed by atoms with van der Waals surface area (Å²) in [5.41, 5.74) is 0.399. The Kier molecular flexibility index (Phi) is 10.6. The number of aromatic nitrogens is 2. The van der Waals surface area contributed by atoms with Crippen molar-refractivity contribution in [2.75, 3.05) is 17.2 Å². The number of nitrogens with zero attached hydrogens (tertiary/aromatic N) is 1. The third kappa shape index (κ3) is 9.43. The molecule has 1 heterocycles. The van der Waals surface area contributed by atoms with Crippen LogP contribution in [0.5, 0.6) is 0 Å². The van der Waals surface area contributed by atoms with Gasteiger partial charge in [0.05, 0.1) is 28.0 Å². The first-order valence-corrected chi connectivity index (χ1v) is 14.5. The SMILES string of the molecule is CC(C)(C)OC(=O)Nc1cc(F)ccc1NC(=O)CCCCCNC(=O)c1cc(Cc2n[nH]c(=O)c3ccccc23)ccc1F. The first-order chi connectivity index (χ1) is 21.4. The van der Waals surface area contributed by atoms with Crippen LogP contribution in [0.25, 0.3) is 10.8 Å². The second kappa shape index (κ2) is 14.6. The Morgan fingerprint density at radius 2 is 1.64 bits per heavy atom. The van der Waals surface area contributed by atoms with Crippen molar-refractivity contribution in [3.05, 3.63) is 99.5 Å². The third-order valence-electron chi connectivity index (χ3n) is 6.68. The van der Waals surface area contributed by atoms with Crippen molar-refractivity contribution in [2.24, 2.45) is 0 Å². The Morgan fingerprint density at radius 1 is 0.889 bits per heavy atom. The molecule has 4 aromatic rings.